The molecule has 3 aromatic rings. The summed E-state index contributed by atoms with van der Waals surface area (Å²) in [5.41, 5.74) is 0. The third-order valence-corrected chi connectivity index (χ3v) is 5.06. The molecule has 0 aliphatic rings. The third kappa shape index (κ3) is 2.77. The highest BCUT2D eigenvalue weighted by molar-refractivity contribution is 7.99. The maximum Gasteiger partial charge on any atom is 0.123 e. The van der Waals surface area contributed by atoms with Crippen molar-refractivity contribution in [3.05, 3.63) is 58.8 Å². The molecule has 0 fully saturated rings. The van der Waals surface area contributed by atoms with Gasteiger partial charge in [0, 0.05) is 20.9 Å². The van der Waals surface area contributed by atoms with Crippen LogP contribution >= 0.6 is 23.1 Å². The summed E-state index contributed by atoms with van der Waals surface area (Å²) in [5.74, 6) is 1.42. The zero-order chi connectivity index (χ0) is 13.1. The summed E-state index contributed by atoms with van der Waals surface area (Å²) in [6.07, 6.45) is 1.09. The van der Waals surface area contributed by atoms with Crippen molar-refractivity contribution in [2.24, 2.45) is 0 Å². The van der Waals surface area contributed by atoms with Crippen LogP contribution in [0.15, 0.2) is 58.8 Å². The number of benzene rings is 2. The predicted molar refractivity (Wildman–Crippen MR) is 84.4 cm³/mol. The Labute approximate surface area is 120 Å². The van der Waals surface area contributed by atoms with Gasteiger partial charge >= 0.3 is 0 Å². The van der Waals surface area contributed by atoms with Crippen LogP contribution in [0, 0.1) is 0 Å². The van der Waals surface area contributed by atoms with Crippen LogP contribution in [0.5, 0.6) is 5.75 Å². The Morgan fingerprint density at radius 1 is 0.947 bits per heavy atom. The topological polar surface area (TPSA) is 20.2 Å². The van der Waals surface area contributed by atoms with E-state index in [1.807, 2.05) is 47.4 Å². The van der Waals surface area contributed by atoms with Crippen LogP contribution in [-0.2, 0) is 6.42 Å². The molecule has 19 heavy (non-hydrogen) atoms. The minimum absolute atomic E-state index is 0.359. The van der Waals surface area contributed by atoms with E-state index in [0.717, 1.165) is 22.9 Å². The lowest BCUT2D eigenvalue weighted by Gasteiger charge is -2.07. The van der Waals surface area contributed by atoms with Crippen LogP contribution in [-0.4, -0.2) is 10.9 Å². The fraction of sp³-hybridized carbons (Fsp3) is 0.125. The Balaban J connectivity index is 1.79. The smallest absolute Gasteiger partial charge is 0.123 e. The Kier molecular flexibility index (Phi) is 3.76. The molecule has 1 N–H and O–H groups in total. The number of hydrogen-bond acceptors (Lipinski definition) is 3. The second-order valence-electron chi connectivity index (χ2n) is 4.31. The summed E-state index contributed by atoms with van der Waals surface area (Å²) < 4.78 is 0. The monoisotopic (exact) mass is 286 g/mol. The highest BCUT2D eigenvalue weighted by Crippen LogP contribution is 2.33. The lowest BCUT2D eigenvalue weighted by molar-refractivity contribution is 0.481. The van der Waals surface area contributed by atoms with E-state index in [4.69, 9.17) is 0 Å². The highest BCUT2D eigenvalue weighted by atomic mass is 32.2. The summed E-state index contributed by atoms with van der Waals surface area (Å²) in [7, 11) is 0. The van der Waals surface area contributed by atoms with Crippen molar-refractivity contribution in [1.82, 2.24) is 0 Å². The number of thiophene rings is 1. The molecule has 3 rings (SSSR count). The van der Waals surface area contributed by atoms with Gasteiger partial charge in [-0.2, -0.15) is 0 Å². The lowest BCUT2D eigenvalue weighted by Crippen LogP contribution is -1.85. The molecule has 1 heterocycles. The van der Waals surface area contributed by atoms with Gasteiger partial charge in [0.1, 0.15) is 5.75 Å². The fourth-order valence-corrected chi connectivity index (χ4v) is 3.98. The van der Waals surface area contributed by atoms with Gasteiger partial charge in [-0.25, -0.2) is 0 Å². The number of fused-ring (bicyclic) bond motifs is 1. The number of phenols is 1. The maximum atomic E-state index is 9.86. The number of hydrogen-bond donors (Lipinski definition) is 1. The standard InChI is InChI=1S/C16H14OS2/c17-15-7-8-16(14-6-2-1-5-13(14)15)19-11-9-12-4-3-10-18-12/h1-8,10,17H,9,11H2. The van der Waals surface area contributed by atoms with E-state index in [1.165, 1.54) is 9.77 Å². The number of aryl methyl sites for hydroxylation is 1. The van der Waals surface area contributed by atoms with Gasteiger partial charge in [0.25, 0.3) is 0 Å². The molecule has 1 nitrogen and oxygen atoms in total. The third-order valence-electron chi connectivity index (χ3n) is 3.05. The molecule has 0 bridgehead atoms. The van der Waals surface area contributed by atoms with Crippen LogP contribution in [0.3, 0.4) is 0 Å². The van der Waals surface area contributed by atoms with E-state index in [1.54, 1.807) is 6.07 Å². The fourth-order valence-electron chi connectivity index (χ4n) is 2.10. The lowest BCUT2D eigenvalue weighted by atomic mass is 10.1. The first-order valence-electron chi connectivity index (χ1n) is 6.20. The molecule has 0 atom stereocenters. The zero-order valence-corrected chi connectivity index (χ0v) is 12.0. The van der Waals surface area contributed by atoms with Crippen molar-refractivity contribution in [3.63, 3.8) is 0 Å². The van der Waals surface area contributed by atoms with Crippen molar-refractivity contribution in [3.8, 4) is 5.75 Å². The van der Waals surface area contributed by atoms with Gasteiger partial charge in [-0.3, -0.25) is 0 Å². The summed E-state index contributed by atoms with van der Waals surface area (Å²) >= 11 is 3.66. The molecule has 0 radical (unpaired) electrons. The van der Waals surface area contributed by atoms with Gasteiger partial charge in [-0.15, -0.1) is 23.1 Å². The molecule has 0 spiro atoms. The Bertz CT molecular complexity index is 674. The van der Waals surface area contributed by atoms with E-state index >= 15 is 0 Å². The van der Waals surface area contributed by atoms with E-state index in [-0.39, 0.29) is 0 Å². The first-order chi connectivity index (χ1) is 9.34. The van der Waals surface area contributed by atoms with Crippen LogP contribution < -0.4 is 0 Å². The van der Waals surface area contributed by atoms with Gasteiger partial charge in [0.2, 0.25) is 0 Å². The van der Waals surface area contributed by atoms with E-state index in [2.05, 4.69) is 23.6 Å². The van der Waals surface area contributed by atoms with Crippen LogP contribution in [0.4, 0.5) is 0 Å². The zero-order valence-electron chi connectivity index (χ0n) is 10.4. The van der Waals surface area contributed by atoms with Gasteiger partial charge in [0.15, 0.2) is 0 Å². The average molecular weight is 286 g/mol. The molecule has 0 saturated carbocycles. The van der Waals surface area contributed by atoms with Crippen molar-refractivity contribution in [1.29, 1.82) is 0 Å². The number of phenolic OH excluding ortho intramolecular Hbond substituents is 1. The first kappa shape index (κ1) is 12.6. The second kappa shape index (κ2) is 5.68. The minimum Gasteiger partial charge on any atom is -0.507 e. The SMILES string of the molecule is Oc1ccc(SCCc2cccs2)c2ccccc12. The largest absolute Gasteiger partial charge is 0.507 e. The number of rotatable bonds is 4. The van der Waals surface area contributed by atoms with E-state index in [0.29, 0.717) is 5.75 Å². The second-order valence-corrected chi connectivity index (χ2v) is 6.48. The van der Waals surface area contributed by atoms with Gasteiger partial charge in [-0.05, 0) is 35.4 Å². The summed E-state index contributed by atoms with van der Waals surface area (Å²) in [5, 5.41) is 14.1. The van der Waals surface area contributed by atoms with E-state index in [9.17, 15) is 5.11 Å². The number of aromatic hydroxyl groups is 1. The predicted octanol–water partition coefficient (Wildman–Crippen LogP) is 4.94. The minimum atomic E-state index is 0.359. The summed E-state index contributed by atoms with van der Waals surface area (Å²) in [4.78, 5) is 2.67. The molecule has 0 amide bonds. The van der Waals surface area contributed by atoms with Crippen molar-refractivity contribution in [2.75, 3.05) is 5.75 Å². The Hall–Kier alpha value is -1.45. The molecule has 0 unspecified atom stereocenters. The normalized spacial score (nSPS) is 10.9. The molecular formula is C16H14OS2. The molecule has 0 aliphatic heterocycles. The van der Waals surface area contributed by atoms with Gasteiger partial charge in [0.05, 0.1) is 0 Å². The van der Waals surface area contributed by atoms with Crippen LogP contribution in [0.25, 0.3) is 10.8 Å². The van der Waals surface area contributed by atoms with Crippen LogP contribution in [0.2, 0.25) is 0 Å². The molecular weight excluding hydrogens is 272 g/mol. The maximum absolute atomic E-state index is 9.86. The van der Waals surface area contributed by atoms with Gasteiger partial charge in [-0.1, -0.05) is 30.3 Å². The molecule has 0 aliphatic carbocycles. The molecule has 96 valence electrons. The highest BCUT2D eigenvalue weighted by Gasteiger charge is 2.05. The van der Waals surface area contributed by atoms with E-state index < -0.39 is 0 Å². The quantitative estimate of drug-likeness (QED) is 0.685. The Morgan fingerprint density at radius 2 is 1.79 bits per heavy atom. The summed E-state index contributed by atoms with van der Waals surface area (Å²) in [6, 6.07) is 16.1. The average Bonchev–Trinajstić information content (AvgIpc) is 2.95. The molecule has 2 aromatic carbocycles. The number of thioether (sulfide) groups is 1. The van der Waals surface area contributed by atoms with Crippen molar-refractivity contribution in [2.45, 2.75) is 11.3 Å². The van der Waals surface area contributed by atoms with Crippen LogP contribution in [0.1, 0.15) is 4.88 Å². The molecule has 1 aromatic heterocycles. The molecule has 0 saturated heterocycles. The van der Waals surface area contributed by atoms with Gasteiger partial charge < -0.3 is 5.11 Å². The van der Waals surface area contributed by atoms with Crippen molar-refractivity contribution >= 4 is 33.9 Å². The summed E-state index contributed by atoms with van der Waals surface area (Å²) in [6.45, 7) is 0. The first-order valence-corrected chi connectivity index (χ1v) is 8.07. The molecule has 3 heteroatoms. The van der Waals surface area contributed by atoms with Crippen molar-refractivity contribution < 1.29 is 5.11 Å². The Morgan fingerprint density at radius 3 is 2.58 bits per heavy atom.